The van der Waals surface area contributed by atoms with E-state index in [9.17, 15) is 0 Å². The zero-order valence-corrected chi connectivity index (χ0v) is 10.2. The molecule has 0 saturated heterocycles. The summed E-state index contributed by atoms with van der Waals surface area (Å²) in [6.45, 7) is 1.31. The molecule has 94 valence electrons. The second-order valence-electron chi connectivity index (χ2n) is 4.12. The molecule has 5 heteroatoms. The van der Waals surface area contributed by atoms with Gasteiger partial charge in [0.25, 0.3) is 0 Å². The van der Waals surface area contributed by atoms with Crippen molar-refractivity contribution in [3.8, 4) is 29.0 Å². The summed E-state index contributed by atoms with van der Waals surface area (Å²) in [5, 5.41) is 8.72. The lowest BCUT2D eigenvalue weighted by molar-refractivity contribution is 0.297. The van der Waals surface area contributed by atoms with Crippen LogP contribution < -0.4 is 9.47 Å². The first kappa shape index (κ1) is 11.5. The quantitative estimate of drug-likeness (QED) is 0.779. The molecule has 0 aliphatic carbocycles. The molecule has 1 aliphatic heterocycles. The van der Waals surface area contributed by atoms with Gasteiger partial charge in [0.15, 0.2) is 17.3 Å². The van der Waals surface area contributed by atoms with Crippen molar-refractivity contribution in [2.75, 3.05) is 13.2 Å². The van der Waals surface area contributed by atoms with Gasteiger partial charge in [0.1, 0.15) is 6.07 Å². The highest BCUT2D eigenvalue weighted by atomic mass is 16.5. The third-order valence-electron chi connectivity index (χ3n) is 2.79. The molecule has 1 aromatic carbocycles. The van der Waals surface area contributed by atoms with Crippen molar-refractivity contribution in [2.45, 2.75) is 6.42 Å². The molecule has 0 fully saturated rings. The monoisotopic (exact) mass is 253 g/mol. The molecule has 0 saturated carbocycles. The second kappa shape index (κ2) is 4.94. The number of ether oxygens (including phenoxy) is 2. The maximum Gasteiger partial charge on any atom is 0.161 e. The minimum absolute atomic E-state index is 0.443. The minimum atomic E-state index is 0.443. The zero-order chi connectivity index (χ0) is 13.1. The van der Waals surface area contributed by atoms with E-state index < -0.39 is 0 Å². The molecule has 5 nitrogen and oxygen atoms in total. The first-order chi connectivity index (χ1) is 9.36. The van der Waals surface area contributed by atoms with E-state index in [0.29, 0.717) is 30.4 Å². The third kappa shape index (κ3) is 2.33. The van der Waals surface area contributed by atoms with E-state index in [-0.39, 0.29) is 0 Å². The van der Waals surface area contributed by atoms with Gasteiger partial charge >= 0.3 is 0 Å². The van der Waals surface area contributed by atoms with Gasteiger partial charge in [-0.05, 0) is 18.2 Å². The number of hydrogen-bond acceptors (Lipinski definition) is 5. The van der Waals surface area contributed by atoms with Crippen molar-refractivity contribution < 1.29 is 9.47 Å². The van der Waals surface area contributed by atoms with Gasteiger partial charge in [0.2, 0.25) is 0 Å². The van der Waals surface area contributed by atoms with Crippen molar-refractivity contribution in [3.63, 3.8) is 0 Å². The molecule has 2 aromatic rings. The fraction of sp³-hybridized carbons (Fsp3) is 0.214. The predicted octanol–water partition coefficient (Wildman–Crippen LogP) is 2.18. The number of aromatic nitrogens is 2. The van der Waals surface area contributed by atoms with Crippen LogP contribution in [0.5, 0.6) is 11.5 Å². The lowest BCUT2D eigenvalue weighted by Crippen LogP contribution is -1.97. The van der Waals surface area contributed by atoms with Gasteiger partial charge in [-0.2, -0.15) is 5.26 Å². The third-order valence-corrected chi connectivity index (χ3v) is 2.79. The van der Waals surface area contributed by atoms with Gasteiger partial charge < -0.3 is 9.47 Å². The topological polar surface area (TPSA) is 68.0 Å². The fourth-order valence-corrected chi connectivity index (χ4v) is 1.84. The number of hydrogen-bond donors (Lipinski definition) is 0. The van der Waals surface area contributed by atoms with Crippen LogP contribution in [0.4, 0.5) is 0 Å². The molecular formula is C14H11N3O2. The first-order valence-electron chi connectivity index (χ1n) is 5.99. The fourth-order valence-electron chi connectivity index (χ4n) is 1.84. The standard InChI is InChI=1S/C14H11N3O2/c15-7-10-8-16-14(17-9-10)11-2-3-12-13(6-11)19-5-1-4-18-12/h2-3,6,8-9H,1,4-5H2. The predicted molar refractivity (Wildman–Crippen MR) is 67.8 cm³/mol. The number of nitriles is 1. The van der Waals surface area contributed by atoms with Gasteiger partial charge in [-0.15, -0.1) is 0 Å². The highest BCUT2D eigenvalue weighted by Gasteiger charge is 2.12. The molecule has 19 heavy (non-hydrogen) atoms. The summed E-state index contributed by atoms with van der Waals surface area (Å²) in [6.07, 6.45) is 3.88. The Morgan fingerprint density at radius 3 is 2.53 bits per heavy atom. The first-order valence-corrected chi connectivity index (χ1v) is 5.99. The summed E-state index contributed by atoms with van der Waals surface area (Å²) in [4.78, 5) is 8.32. The lowest BCUT2D eigenvalue weighted by Gasteiger charge is -2.08. The molecule has 0 bridgehead atoms. The van der Waals surface area contributed by atoms with Crippen molar-refractivity contribution in [1.29, 1.82) is 5.26 Å². The van der Waals surface area contributed by atoms with Crippen LogP contribution >= 0.6 is 0 Å². The van der Waals surface area contributed by atoms with Gasteiger partial charge in [0, 0.05) is 24.4 Å². The average Bonchev–Trinajstić information content (AvgIpc) is 2.72. The van der Waals surface area contributed by atoms with Crippen LogP contribution in [0.3, 0.4) is 0 Å². The minimum Gasteiger partial charge on any atom is -0.490 e. The van der Waals surface area contributed by atoms with Crippen LogP contribution in [0.1, 0.15) is 12.0 Å². The number of benzene rings is 1. The number of fused-ring (bicyclic) bond motifs is 1. The Bertz CT molecular complexity index is 632. The van der Waals surface area contributed by atoms with Gasteiger partial charge in [-0.1, -0.05) is 0 Å². The number of nitrogens with zero attached hydrogens (tertiary/aromatic N) is 3. The Labute approximate surface area is 110 Å². The molecule has 1 aromatic heterocycles. The smallest absolute Gasteiger partial charge is 0.161 e. The molecule has 0 spiro atoms. The van der Waals surface area contributed by atoms with E-state index in [1.165, 1.54) is 12.4 Å². The Morgan fingerprint density at radius 1 is 1.05 bits per heavy atom. The van der Waals surface area contributed by atoms with Crippen molar-refractivity contribution in [3.05, 3.63) is 36.2 Å². The molecule has 0 amide bonds. The molecule has 3 rings (SSSR count). The Morgan fingerprint density at radius 2 is 1.79 bits per heavy atom. The average molecular weight is 253 g/mol. The Hall–Kier alpha value is -2.61. The maximum atomic E-state index is 8.72. The Balaban J connectivity index is 1.96. The van der Waals surface area contributed by atoms with E-state index >= 15 is 0 Å². The van der Waals surface area contributed by atoms with E-state index in [4.69, 9.17) is 14.7 Å². The van der Waals surface area contributed by atoms with Crippen LogP contribution in [0.2, 0.25) is 0 Å². The summed E-state index contributed by atoms with van der Waals surface area (Å²) >= 11 is 0. The summed E-state index contributed by atoms with van der Waals surface area (Å²) in [7, 11) is 0. The van der Waals surface area contributed by atoms with E-state index in [1.54, 1.807) is 0 Å². The van der Waals surface area contributed by atoms with Crippen molar-refractivity contribution >= 4 is 0 Å². The second-order valence-corrected chi connectivity index (χ2v) is 4.12. The van der Waals surface area contributed by atoms with Crippen LogP contribution in [-0.2, 0) is 0 Å². The van der Waals surface area contributed by atoms with Gasteiger partial charge in [-0.3, -0.25) is 0 Å². The van der Waals surface area contributed by atoms with E-state index in [1.807, 2.05) is 24.3 Å². The van der Waals surface area contributed by atoms with E-state index in [2.05, 4.69) is 9.97 Å². The molecular weight excluding hydrogens is 242 g/mol. The molecule has 0 radical (unpaired) electrons. The lowest BCUT2D eigenvalue weighted by atomic mass is 10.2. The van der Waals surface area contributed by atoms with Crippen LogP contribution in [0.15, 0.2) is 30.6 Å². The maximum absolute atomic E-state index is 8.72. The van der Waals surface area contributed by atoms with Crippen LogP contribution in [0.25, 0.3) is 11.4 Å². The highest BCUT2D eigenvalue weighted by molar-refractivity contribution is 5.61. The van der Waals surface area contributed by atoms with E-state index in [0.717, 1.165) is 17.7 Å². The molecule has 0 unspecified atom stereocenters. The summed E-state index contributed by atoms with van der Waals surface area (Å²) in [6, 6.07) is 7.60. The van der Waals surface area contributed by atoms with Gasteiger partial charge in [0.05, 0.1) is 18.8 Å². The molecule has 2 heterocycles. The Kier molecular flexibility index (Phi) is 2.99. The highest BCUT2D eigenvalue weighted by Crippen LogP contribution is 2.33. The number of rotatable bonds is 1. The molecule has 1 aliphatic rings. The molecule has 0 N–H and O–H groups in total. The summed E-state index contributed by atoms with van der Waals surface area (Å²) in [5.74, 6) is 2.02. The van der Waals surface area contributed by atoms with Crippen LogP contribution in [-0.4, -0.2) is 23.2 Å². The molecule has 0 atom stereocenters. The summed E-state index contributed by atoms with van der Waals surface area (Å²) < 4.78 is 11.2. The van der Waals surface area contributed by atoms with Crippen LogP contribution in [0, 0.1) is 11.3 Å². The van der Waals surface area contributed by atoms with Crippen molar-refractivity contribution in [2.24, 2.45) is 0 Å². The zero-order valence-electron chi connectivity index (χ0n) is 10.2. The SMILES string of the molecule is N#Cc1cnc(-c2ccc3c(c2)OCCCO3)nc1. The largest absolute Gasteiger partial charge is 0.490 e. The van der Waals surface area contributed by atoms with Crippen molar-refractivity contribution in [1.82, 2.24) is 9.97 Å². The summed E-state index contributed by atoms with van der Waals surface area (Å²) in [5.41, 5.74) is 1.28. The van der Waals surface area contributed by atoms with Gasteiger partial charge in [-0.25, -0.2) is 9.97 Å². The normalized spacial score (nSPS) is 13.4.